The maximum Gasteiger partial charge on any atom is 0.322 e. The molecule has 1 N–H and O–H groups in total. The van der Waals surface area contributed by atoms with E-state index in [1.807, 2.05) is 42.2 Å². The van der Waals surface area contributed by atoms with Gasteiger partial charge < -0.3 is 10.2 Å². The van der Waals surface area contributed by atoms with Crippen LogP contribution in [-0.4, -0.2) is 27.4 Å². The standard InChI is InChI=1S/C20H20N4OS/c1-14-21-9-7-18(22-14)15-4-2-5-17(12-15)23-20(25)24-10-3-6-19(24)16-8-11-26-13-16/h2,4-5,7-9,11-13,19H,3,6,10H2,1H3,(H,23,25)/t19-/m1/s1. The number of aromatic nitrogens is 2. The van der Waals surface area contributed by atoms with Gasteiger partial charge in [0.15, 0.2) is 0 Å². The molecule has 4 rings (SSSR count). The fourth-order valence-corrected chi connectivity index (χ4v) is 4.10. The molecule has 132 valence electrons. The van der Waals surface area contributed by atoms with Gasteiger partial charge in [-0.3, -0.25) is 0 Å². The van der Waals surface area contributed by atoms with Crippen molar-refractivity contribution < 1.29 is 4.79 Å². The number of hydrogen-bond donors (Lipinski definition) is 1. The van der Waals surface area contributed by atoms with Crippen molar-refractivity contribution in [2.45, 2.75) is 25.8 Å². The van der Waals surface area contributed by atoms with Gasteiger partial charge in [0.25, 0.3) is 0 Å². The SMILES string of the molecule is Cc1nccc(-c2cccc(NC(=O)N3CCC[C@@H]3c3ccsc3)c2)n1. The maximum atomic E-state index is 12.8. The topological polar surface area (TPSA) is 58.1 Å². The lowest BCUT2D eigenvalue weighted by Crippen LogP contribution is -2.34. The zero-order valence-electron chi connectivity index (χ0n) is 14.6. The number of anilines is 1. The first-order valence-corrected chi connectivity index (χ1v) is 9.65. The molecule has 3 aromatic rings. The van der Waals surface area contributed by atoms with Crippen molar-refractivity contribution in [1.82, 2.24) is 14.9 Å². The Balaban J connectivity index is 1.52. The summed E-state index contributed by atoms with van der Waals surface area (Å²) in [4.78, 5) is 23.3. The summed E-state index contributed by atoms with van der Waals surface area (Å²) in [6.45, 7) is 2.66. The average molecular weight is 364 g/mol. The Morgan fingerprint density at radius 1 is 1.31 bits per heavy atom. The van der Waals surface area contributed by atoms with Gasteiger partial charge >= 0.3 is 6.03 Å². The van der Waals surface area contributed by atoms with Gasteiger partial charge in [-0.25, -0.2) is 14.8 Å². The molecule has 1 aliphatic heterocycles. The third-order valence-corrected chi connectivity index (χ3v) is 5.33. The zero-order valence-corrected chi connectivity index (χ0v) is 15.4. The van der Waals surface area contributed by atoms with Crippen molar-refractivity contribution in [3.63, 3.8) is 0 Å². The van der Waals surface area contributed by atoms with Gasteiger partial charge in [-0.2, -0.15) is 11.3 Å². The Morgan fingerprint density at radius 3 is 3.04 bits per heavy atom. The van der Waals surface area contributed by atoms with Gasteiger partial charge in [0.2, 0.25) is 0 Å². The average Bonchev–Trinajstić information content (AvgIpc) is 3.33. The Hall–Kier alpha value is -2.73. The fourth-order valence-electron chi connectivity index (χ4n) is 3.39. The summed E-state index contributed by atoms with van der Waals surface area (Å²) in [7, 11) is 0. The van der Waals surface area contributed by atoms with Crippen molar-refractivity contribution in [1.29, 1.82) is 0 Å². The maximum absolute atomic E-state index is 12.8. The number of likely N-dealkylation sites (tertiary alicyclic amines) is 1. The number of carbonyl (C=O) groups excluding carboxylic acids is 1. The van der Waals surface area contributed by atoms with Crippen LogP contribution in [0, 0.1) is 6.92 Å². The first-order chi connectivity index (χ1) is 12.7. The van der Waals surface area contributed by atoms with Crippen molar-refractivity contribution >= 4 is 23.1 Å². The van der Waals surface area contributed by atoms with Gasteiger partial charge in [0, 0.05) is 24.0 Å². The van der Waals surface area contributed by atoms with E-state index in [2.05, 4.69) is 32.1 Å². The van der Waals surface area contributed by atoms with Gasteiger partial charge in [-0.1, -0.05) is 12.1 Å². The number of nitrogens with one attached hydrogen (secondary N) is 1. The minimum absolute atomic E-state index is 0.0466. The molecule has 0 bridgehead atoms. The Kier molecular flexibility index (Phi) is 4.67. The minimum Gasteiger partial charge on any atom is -0.317 e. The summed E-state index contributed by atoms with van der Waals surface area (Å²) in [5.74, 6) is 0.729. The molecular formula is C20H20N4OS. The van der Waals surface area contributed by atoms with Crippen LogP contribution in [-0.2, 0) is 0 Å². The minimum atomic E-state index is -0.0466. The summed E-state index contributed by atoms with van der Waals surface area (Å²) >= 11 is 1.67. The molecule has 1 aromatic carbocycles. The van der Waals surface area contributed by atoms with Crippen LogP contribution >= 0.6 is 11.3 Å². The number of benzene rings is 1. The number of amides is 2. The van der Waals surface area contributed by atoms with E-state index in [4.69, 9.17) is 0 Å². The van der Waals surface area contributed by atoms with E-state index in [0.29, 0.717) is 0 Å². The van der Waals surface area contributed by atoms with Crippen LogP contribution in [0.5, 0.6) is 0 Å². The summed E-state index contributed by atoms with van der Waals surface area (Å²) in [5.41, 5.74) is 3.82. The Bertz CT molecular complexity index is 910. The van der Waals surface area contributed by atoms with E-state index >= 15 is 0 Å². The van der Waals surface area contributed by atoms with Gasteiger partial charge in [-0.05, 0) is 60.4 Å². The monoisotopic (exact) mass is 364 g/mol. The zero-order chi connectivity index (χ0) is 17.9. The smallest absolute Gasteiger partial charge is 0.317 e. The fraction of sp³-hybridized carbons (Fsp3) is 0.250. The van der Waals surface area contributed by atoms with Crippen LogP contribution in [0.1, 0.15) is 30.3 Å². The van der Waals surface area contributed by atoms with Crippen LogP contribution in [0.4, 0.5) is 10.5 Å². The molecule has 1 saturated heterocycles. The third kappa shape index (κ3) is 3.46. The van der Waals surface area contributed by atoms with E-state index in [0.717, 1.165) is 42.2 Å². The molecule has 0 aliphatic carbocycles. The second-order valence-electron chi connectivity index (χ2n) is 6.41. The van der Waals surface area contributed by atoms with Crippen molar-refractivity contribution in [3.05, 3.63) is 64.7 Å². The molecule has 1 fully saturated rings. The normalized spacial score (nSPS) is 16.7. The summed E-state index contributed by atoms with van der Waals surface area (Å²) in [6.07, 6.45) is 3.80. The molecule has 1 atom stereocenters. The number of nitrogens with zero attached hydrogens (tertiary/aromatic N) is 3. The van der Waals surface area contributed by atoms with Crippen LogP contribution in [0.2, 0.25) is 0 Å². The van der Waals surface area contributed by atoms with Crippen LogP contribution in [0.3, 0.4) is 0 Å². The van der Waals surface area contributed by atoms with E-state index in [9.17, 15) is 4.79 Å². The molecule has 26 heavy (non-hydrogen) atoms. The van der Waals surface area contributed by atoms with Crippen molar-refractivity contribution in [3.8, 4) is 11.3 Å². The highest BCUT2D eigenvalue weighted by atomic mass is 32.1. The van der Waals surface area contributed by atoms with Gasteiger partial charge in [0.1, 0.15) is 5.82 Å². The highest BCUT2D eigenvalue weighted by Gasteiger charge is 2.30. The van der Waals surface area contributed by atoms with Crippen LogP contribution in [0.25, 0.3) is 11.3 Å². The lowest BCUT2D eigenvalue weighted by atomic mass is 10.1. The molecule has 5 nitrogen and oxygen atoms in total. The number of rotatable bonds is 3. The second-order valence-corrected chi connectivity index (χ2v) is 7.19. The number of hydrogen-bond acceptors (Lipinski definition) is 4. The summed E-state index contributed by atoms with van der Waals surface area (Å²) < 4.78 is 0. The Morgan fingerprint density at radius 2 is 2.23 bits per heavy atom. The number of urea groups is 1. The highest BCUT2D eigenvalue weighted by molar-refractivity contribution is 7.08. The molecule has 1 aliphatic rings. The summed E-state index contributed by atoms with van der Waals surface area (Å²) in [5, 5.41) is 7.25. The molecule has 0 saturated carbocycles. The van der Waals surface area contributed by atoms with E-state index in [-0.39, 0.29) is 12.1 Å². The lowest BCUT2D eigenvalue weighted by molar-refractivity contribution is 0.207. The number of carbonyl (C=O) groups is 1. The molecule has 3 heterocycles. The number of aryl methyl sites for hydroxylation is 1. The molecular weight excluding hydrogens is 344 g/mol. The first-order valence-electron chi connectivity index (χ1n) is 8.70. The Labute approximate surface area is 156 Å². The molecule has 6 heteroatoms. The largest absolute Gasteiger partial charge is 0.322 e. The van der Waals surface area contributed by atoms with E-state index in [1.165, 1.54) is 5.56 Å². The quantitative estimate of drug-likeness (QED) is 0.720. The molecule has 2 amide bonds. The molecule has 0 unspecified atom stereocenters. The van der Waals surface area contributed by atoms with Crippen LogP contribution < -0.4 is 5.32 Å². The molecule has 0 spiro atoms. The van der Waals surface area contributed by atoms with Gasteiger partial charge in [0.05, 0.1) is 11.7 Å². The first kappa shape index (κ1) is 16.7. The second kappa shape index (κ2) is 7.25. The van der Waals surface area contributed by atoms with Crippen molar-refractivity contribution in [2.75, 3.05) is 11.9 Å². The van der Waals surface area contributed by atoms with Gasteiger partial charge in [-0.15, -0.1) is 0 Å². The third-order valence-electron chi connectivity index (χ3n) is 4.63. The van der Waals surface area contributed by atoms with Crippen molar-refractivity contribution in [2.24, 2.45) is 0 Å². The molecule has 2 aromatic heterocycles. The van der Waals surface area contributed by atoms with E-state index in [1.54, 1.807) is 17.5 Å². The predicted octanol–water partition coefficient (Wildman–Crippen LogP) is 4.88. The molecule has 0 radical (unpaired) electrons. The number of thiophene rings is 1. The van der Waals surface area contributed by atoms with E-state index < -0.39 is 0 Å². The summed E-state index contributed by atoms with van der Waals surface area (Å²) in [6, 6.07) is 11.9. The lowest BCUT2D eigenvalue weighted by Gasteiger charge is -2.24. The highest BCUT2D eigenvalue weighted by Crippen LogP contribution is 2.33. The predicted molar refractivity (Wildman–Crippen MR) is 104 cm³/mol. The van der Waals surface area contributed by atoms with Crippen LogP contribution in [0.15, 0.2) is 53.4 Å².